The molecule has 0 aromatic heterocycles. The highest BCUT2D eigenvalue weighted by Gasteiger charge is 2.28. The number of alkyl halides is 1. The molecule has 1 unspecified atom stereocenters. The van der Waals surface area contributed by atoms with Gasteiger partial charge in [-0.25, -0.2) is 0 Å². The second-order valence-electron chi connectivity index (χ2n) is 5.07. The molecule has 5 nitrogen and oxygen atoms in total. The molecule has 110 valence electrons. The van der Waals surface area contributed by atoms with Crippen molar-refractivity contribution >= 4 is 28.2 Å². The van der Waals surface area contributed by atoms with E-state index >= 15 is 0 Å². The fourth-order valence-electron chi connectivity index (χ4n) is 2.11. The van der Waals surface area contributed by atoms with E-state index in [2.05, 4.69) is 21.2 Å². The van der Waals surface area contributed by atoms with Crippen LogP contribution in [0.1, 0.15) is 33.6 Å². The summed E-state index contributed by atoms with van der Waals surface area (Å²) in [5.74, 6) is -0.0335. The first-order chi connectivity index (χ1) is 8.97. The van der Waals surface area contributed by atoms with E-state index < -0.39 is 0 Å². The smallest absolute Gasteiger partial charge is 0.242 e. The lowest BCUT2D eigenvalue weighted by Gasteiger charge is -2.36. The molecule has 1 amide bonds. The monoisotopic (exact) mass is 333 g/mol. The van der Waals surface area contributed by atoms with Crippen LogP contribution in [0.5, 0.6) is 0 Å². The van der Waals surface area contributed by atoms with Gasteiger partial charge in [0.25, 0.3) is 0 Å². The van der Waals surface area contributed by atoms with Crippen LogP contribution in [0.15, 0.2) is 0 Å². The summed E-state index contributed by atoms with van der Waals surface area (Å²) in [4.78, 5) is 14.3. The normalized spacial score (nSPS) is 21.3. The van der Waals surface area contributed by atoms with Crippen LogP contribution in [0.4, 0.5) is 0 Å². The minimum atomic E-state index is -0.325. The predicted molar refractivity (Wildman–Crippen MR) is 79.9 cm³/mol. The molecule has 0 aromatic carbocycles. The molecule has 0 spiro atoms. The van der Waals surface area contributed by atoms with E-state index in [1.807, 2.05) is 25.7 Å². The Morgan fingerprint density at radius 1 is 1.42 bits per heavy atom. The van der Waals surface area contributed by atoms with Gasteiger partial charge in [0, 0.05) is 30.1 Å². The lowest BCUT2D eigenvalue weighted by Crippen LogP contribution is -2.52. The van der Waals surface area contributed by atoms with Gasteiger partial charge < -0.3 is 15.0 Å². The van der Waals surface area contributed by atoms with E-state index in [0.717, 1.165) is 12.8 Å². The van der Waals surface area contributed by atoms with Crippen LogP contribution in [-0.2, 0) is 9.53 Å². The Bertz CT molecular complexity index is 306. The van der Waals surface area contributed by atoms with Crippen molar-refractivity contribution in [3.8, 4) is 0 Å². The molecule has 19 heavy (non-hydrogen) atoms. The van der Waals surface area contributed by atoms with Gasteiger partial charge in [-0.2, -0.15) is 0 Å². The molecule has 1 heterocycles. The molecule has 1 rings (SSSR count). The summed E-state index contributed by atoms with van der Waals surface area (Å²) in [6.07, 6.45) is 3.03. The summed E-state index contributed by atoms with van der Waals surface area (Å²) in [6.45, 7) is 7.23. The topological polar surface area (TPSA) is 65.4 Å². The van der Waals surface area contributed by atoms with Crippen molar-refractivity contribution in [2.45, 2.75) is 56.6 Å². The lowest BCUT2D eigenvalue weighted by atomic mass is 10.1. The van der Waals surface area contributed by atoms with Gasteiger partial charge in [-0.3, -0.25) is 10.2 Å². The van der Waals surface area contributed by atoms with Crippen LogP contribution < -0.4 is 5.32 Å². The molecule has 3 atom stereocenters. The second-order valence-corrected chi connectivity index (χ2v) is 6.51. The number of amides is 1. The van der Waals surface area contributed by atoms with Gasteiger partial charge in [0.15, 0.2) is 0 Å². The highest BCUT2D eigenvalue weighted by atomic mass is 79.9. The van der Waals surface area contributed by atoms with Gasteiger partial charge in [0.05, 0.1) is 6.34 Å². The van der Waals surface area contributed by atoms with Gasteiger partial charge in [0.1, 0.15) is 6.04 Å². The number of rotatable bonds is 6. The number of ether oxygens (including phenoxy) is 1. The summed E-state index contributed by atoms with van der Waals surface area (Å²) in [5, 5.41) is 10.5. The van der Waals surface area contributed by atoms with E-state index in [-0.39, 0.29) is 28.9 Å². The highest BCUT2D eigenvalue weighted by molar-refractivity contribution is 9.09. The lowest BCUT2D eigenvalue weighted by molar-refractivity contribution is -0.126. The van der Waals surface area contributed by atoms with Crippen molar-refractivity contribution in [3.63, 3.8) is 0 Å². The molecule has 1 saturated heterocycles. The Morgan fingerprint density at radius 2 is 2.00 bits per heavy atom. The fraction of sp³-hybridized carbons (Fsp3) is 0.846. The summed E-state index contributed by atoms with van der Waals surface area (Å²) in [7, 11) is 0. The molecule has 0 bridgehead atoms. The molecule has 0 saturated carbocycles. The third-order valence-corrected chi connectivity index (χ3v) is 4.44. The van der Waals surface area contributed by atoms with Crippen molar-refractivity contribution in [2.75, 3.05) is 13.2 Å². The van der Waals surface area contributed by atoms with Gasteiger partial charge in [-0.05, 0) is 26.7 Å². The van der Waals surface area contributed by atoms with E-state index in [0.29, 0.717) is 13.2 Å². The first-order valence-electron chi connectivity index (χ1n) is 6.77. The third kappa shape index (κ3) is 4.76. The van der Waals surface area contributed by atoms with Crippen molar-refractivity contribution in [2.24, 2.45) is 0 Å². The Kier molecular flexibility index (Phi) is 6.79. The zero-order valence-electron chi connectivity index (χ0n) is 11.9. The maximum absolute atomic E-state index is 12.2. The van der Waals surface area contributed by atoms with Crippen molar-refractivity contribution in [3.05, 3.63) is 0 Å². The number of hydrogen-bond donors (Lipinski definition) is 2. The average molecular weight is 334 g/mol. The molecule has 6 heteroatoms. The summed E-state index contributed by atoms with van der Waals surface area (Å²) in [5.41, 5.74) is 0. The Labute approximate surface area is 123 Å². The van der Waals surface area contributed by atoms with Gasteiger partial charge >= 0.3 is 0 Å². The van der Waals surface area contributed by atoms with Crippen LogP contribution in [0.2, 0.25) is 0 Å². The predicted octanol–water partition coefficient (Wildman–Crippen LogP) is 1.75. The molecule has 0 aromatic rings. The SMILES string of the molecule is CC(NC(=O)[C@@H](C)N(C=N)C1CCOCC1)[C@@H](C)Br. The largest absolute Gasteiger partial charge is 0.381 e. The summed E-state index contributed by atoms with van der Waals surface area (Å²) < 4.78 is 5.32. The summed E-state index contributed by atoms with van der Waals surface area (Å²) in [6, 6.07) is -0.0322. The first kappa shape index (κ1) is 16.4. The van der Waals surface area contributed by atoms with Gasteiger partial charge in [-0.15, -0.1) is 0 Å². The highest BCUT2D eigenvalue weighted by Crippen LogP contribution is 2.16. The number of carbonyl (C=O) groups excluding carboxylic acids is 1. The molecule has 2 N–H and O–H groups in total. The summed E-state index contributed by atoms with van der Waals surface area (Å²) >= 11 is 3.46. The Balaban J connectivity index is 2.59. The van der Waals surface area contributed by atoms with Crippen molar-refractivity contribution < 1.29 is 9.53 Å². The quantitative estimate of drug-likeness (QED) is 0.442. The Hall–Kier alpha value is -0.620. The van der Waals surface area contributed by atoms with Crippen LogP contribution in [-0.4, -0.2) is 53.3 Å². The van der Waals surface area contributed by atoms with Crippen LogP contribution in [0, 0.1) is 5.41 Å². The molecular weight excluding hydrogens is 310 g/mol. The van der Waals surface area contributed by atoms with E-state index in [9.17, 15) is 4.79 Å². The molecule has 0 radical (unpaired) electrons. The number of hydrogen-bond acceptors (Lipinski definition) is 3. The average Bonchev–Trinajstić information content (AvgIpc) is 2.40. The molecule has 0 aliphatic carbocycles. The maximum Gasteiger partial charge on any atom is 0.242 e. The Morgan fingerprint density at radius 3 is 2.47 bits per heavy atom. The van der Waals surface area contributed by atoms with Crippen LogP contribution in [0.3, 0.4) is 0 Å². The minimum absolute atomic E-state index is 0.0335. The second kappa shape index (κ2) is 7.85. The fourth-order valence-corrected chi connectivity index (χ4v) is 2.24. The van der Waals surface area contributed by atoms with Gasteiger partial charge in [-0.1, -0.05) is 22.9 Å². The first-order valence-corrected chi connectivity index (χ1v) is 7.69. The van der Waals surface area contributed by atoms with Gasteiger partial charge in [0.2, 0.25) is 5.91 Å². The number of nitrogens with zero attached hydrogens (tertiary/aromatic N) is 1. The third-order valence-electron chi connectivity index (χ3n) is 3.65. The van der Waals surface area contributed by atoms with Crippen molar-refractivity contribution in [1.29, 1.82) is 5.41 Å². The van der Waals surface area contributed by atoms with Crippen LogP contribution >= 0.6 is 15.9 Å². The zero-order chi connectivity index (χ0) is 14.4. The van der Waals surface area contributed by atoms with Crippen molar-refractivity contribution in [1.82, 2.24) is 10.2 Å². The molecule has 1 aliphatic rings. The maximum atomic E-state index is 12.2. The minimum Gasteiger partial charge on any atom is -0.381 e. The standard InChI is InChI=1S/C13H24BrN3O2/c1-9(14)10(2)16-13(18)11(3)17(8-15)12-4-6-19-7-5-12/h8-12,15H,4-7H2,1-3H3,(H,16,18)/t9-,10?,11-/m1/s1. The number of halogens is 1. The zero-order valence-corrected chi connectivity index (χ0v) is 13.4. The number of nitrogens with one attached hydrogen (secondary N) is 2. The molecular formula is C13H24BrN3O2. The van der Waals surface area contributed by atoms with E-state index in [4.69, 9.17) is 10.1 Å². The molecule has 1 aliphatic heterocycles. The van der Waals surface area contributed by atoms with E-state index in [1.165, 1.54) is 6.34 Å². The van der Waals surface area contributed by atoms with E-state index in [1.54, 1.807) is 0 Å². The molecule has 1 fully saturated rings. The van der Waals surface area contributed by atoms with Crippen LogP contribution in [0.25, 0.3) is 0 Å². The number of carbonyl (C=O) groups is 1.